The van der Waals surface area contributed by atoms with Gasteiger partial charge in [0.1, 0.15) is 0 Å². The van der Waals surface area contributed by atoms with E-state index in [-0.39, 0.29) is 11.9 Å². The Morgan fingerprint density at radius 2 is 1.95 bits per heavy atom. The first-order chi connectivity index (χ1) is 8.93. The van der Waals surface area contributed by atoms with E-state index in [1.54, 1.807) is 12.1 Å². The van der Waals surface area contributed by atoms with Gasteiger partial charge < -0.3 is 10.6 Å². The van der Waals surface area contributed by atoms with Crippen LogP contribution in [-0.2, 0) is 4.79 Å². The molecule has 2 unspecified atom stereocenters. The van der Waals surface area contributed by atoms with Gasteiger partial charge in [0.25, 0.3) is 0 Å². The summed E-state index contributed by atoms with van der Waals surface area (Å²) in [5.41, 5.74) is 0.936. The molecule has 0 saturated carbocycles. The van der Waals surface area contributed by atoms with Crippen LogP contribution in [0.4, 0.5) is 0 Å². The van der Waals surface area contributed by atoms with Gasteiger partial charge in [0.05, 0.1) is 22.6 Å². The first kappa shape index (κ1) is 16.3. The normalized spacial score (nSPS) is 13.9. The lowest BCUT2D eigenvalue weighted by molar-refractivity contribution is -0.121. The largest absolute Gasteiger partial charge is 0.348 e. The smallest absolute Gasteiger partial charge is 0.234 e. The summed E-state index contributed by atoms with van der Waals surface area (Å²) >= 11 is 11.8. The molecule has 5 heteroatoms. The second-order valence-electron chi connectivity index (χ2n) is 4.65. The van der Waals surface area contributed by atoms with Crippen LogP contribution in [0.2, 0.25) is 10.0 Å². The maximum atomic E-state index is 11.8. The summed E-state index contributed by atoms with van der Waals surface area (Å²) < 4.78 is 0. The molecule has 2 atom stereocenters. The van der Waals surface area contributed by atoms with E-state index in [0.29, 0.717) is 22.6 Å². The van der Waals surface area contributed by atoms with Crippen LogP contribution in [0.25, 0.3) is 0 Å². The molecule has 0 aromatic heterocycles. The van der Waals surface area contributed by atoms with E-state index in [2.05, 4.69) is 24.5 Å². The van der Waals surface area contributed by atoms with Crippen molar-refractivity contribution >= 4 is 29.1 Å². The summed E-state index contributed by atoms with van der Waals surface area (Å²) in [6, 6.07) is 5.62. The van der Waals surface area contributed by atoms with Gasteiger partial charge in [-0.15, -0.1) is 0 Å². The zero-order chi connectivity index (χ0) is 14.4. The molecule has 1 rings (SSSR count). The third-order valence-electron chi connectivity index (χ3n) is 3.04. The fourth-order valence-electron chi connectivity index (χ4n) is 1.57. The van der Waals surface area contributed by atoms with Gasteiger partial charge in [0, 0.05) is 6.04 Å². The number of hydrogen-bond donors (Lipinski definition) is 2. The highest BCUT2D eigenvalue weighted by molar-refractivity contribution is 6.42. The number of hydrogen-bond acceptors (Lipinski definition) is 2. The van der Waals surface area contributed by atoms with Crippen LogP contribution in [0, 0.1) is 0 Å². The molecule has 0 spiro atoms. The maximum Gasteiger partial charge on any atom is 0.234 e. The standard InChI is InChI=1S/C14H20Cl2N2O/c1-4-9(2)17-8-14(19)18-10(3)11-5-6-12(15)13(16)7-11/h5-7,9-10,17H,4,8H2,1-3H3,(H,18,19). The minimum Gasteiger partial charge on any atom is -0.348 e. The highest BCUT2D eigenvalue weighted by Crippen LogP contribution is 2.25. The summed E-state index contributed by atoms with van der Waals surface area (Å²) in [6.07, 6.45) is 0.996. The van der Waals surface area contributed by atoms with Crippen molar-refractivity contribution in [2.45, 2.75) is 39.3 Å². The van der Waals surface area contributed by atoms with Crippen LogP contribution in [0.1, 0.15) is 38.8 Å². The topological polar surface area (TPSA) is 41.1 Å². The van der Waals surface area contributed by atoms with E-state index < -0.39 is 0 Å². The maximum absolute atomic E-state index is 11.8. The monoisotopic (exact) mass is 302 g/mol. The van der Waals surface area contributed by atoms with Gasteiger partial charge in [0.2, 0.25) is 5.91 Å². The Labute approximate surface area is 124 Å². The van der Waals surface area contributed by atoms with Crippen LogP contribution in [0.5, 0.6) is 0 Å². The molecule has 1 aromatic rings. The molecule has 1 amide bonds. The zero-order valence-corrected chi connectivity index (χ0v) is 13.0. The summed E-state index contributed by atoms with van der Waals surface area (Å²) in [5, 5.41) is 7.08. The molecule has 0 aliphatic carbocycles. The van der Waals surface area contributed by atoms with Crippen LogP contribution in [0.15, 0.2) is 18.2 Å². The van der Waals surface area contributed by atoms with Crippen molar-refractivity contribution in [3.63, 3.8) is 0 Å². The molecule has 0 bridgehead atoms. The van der Waals surface area contributed by atoms with E-state index >= 15 is 0 Å². The Morgan fingerprint density at radius 3 is 2.53 bits per heavy atom. The molecule has 3 nitrogen and oxygen atoms in total. The van der Waals surface area contributed by atoms with E-state index in [1.165, 1.54) is 0 Å². The fourth-order valence-corrected chi connectivity index (χ4v) is 1.88. The minimum atomic E-state index is -0.0963. The van der Waals surface area contributed by atoms with Crippen LogP contribution in [0.3, 0.4) is 0 Å². The van der Waals surface area contributed by atoms with Crippen molar-refractivity contribution in [1.29, 1.82) is 0 Å². The Hall–Kier alpha value is -0.770. The van der Waals surface area contributed by atoms with Crippen molar-refractivity contribution in [1.82, 2.24) is 10.6 Å². The number of carbonyl (C=O) groups is 1. The number of benzene rings is 1. The third-order valence-corrected chi connectivity index (χ3v) is 3.78. The van der Waals surface area contributed by atoms with Crippen molar-refractivity contribution in [3.8, 4) is 0 Å². The van der Waals surface area contributed by atoms with Gasteiger partial charge in [-0.1, -0.05) is 36.2 Å². The van der Waals surface area contributed by atoms with Crippen molar-refractivity contribution in [3.05, 3.63) is 33.8 Å². The van der Waals surface area contributed by atoms with E-state index in [0.717, 1.165) is 12.0 Å². The van der Waals surface area contributed by atoms with Gasteiger partial charge in [-0.25, -0.2) is 0 Å². The Morgan fingerprint density at radius 1 is 1.26 bits per heavy atom. The SMILES string of the molecule is CCC(C)NCC(=O)NC(C)c1ccc(Cl)c(Cl)c1. The lowest BCUT2D eigenvalue weighted by Gasteiger charge is -2.16. The van der Waals surface area contributed by atoms with Gasteiger partial charge in [-0.2, -0.15) is 0 Å². The molecule has 19 heavy (non-hydrogen) atoms. The molecule has 0 saturated heterocycles. The molecule has 2 N–H and O–H groups in total. The molecule has 0 aliphatic rings. The zero-order valence-electron chi connectivity index (χ0n) is 11.5. The lowest BCUT2D eigenvalue weighted by Crippen LogP contribution is -2.38. The molecule has 0 aliphatic heterocycles. The average molecular weight is 303 g/mol. The van der Waals surface area contributed by atoms with Gasteiger partial charge >= 0.3 is 0 Å². The summed E-state index contributed by atoms with van der Waals surface area (Å²) in [7, 11) is 0. The molecule has 0 fully saturated rings. The summed E-state index contributed by atoms with van der Waals surface area (Å²) in [5.74, 6) is -0.0288. The number of nitrogens with one attached hydrogen (secondary N) is 2. The average Bonchev–Trinajstić information content (AvgIpc) is 2.38. The van der Waals surface area contributed by atoms with Gasteiger partial charge in [0.15, 0.2) is 0 Å². The highest BCUT2D eigenvalue weighted by Gasteiger charge is 2.11. The van der Waals surface area contributed by atoms with Crippen LogP contribution in [-0.4, -0.2) is 18.5 Å². The van der Waals surface area contributed by atoms with Crippen LogP contribution >= 0.6 is 23.2 Å². The van der Waals surface area contributed by atoms with Crippen molar-refractivity contribution < 1.29 is 4.79 Å². The molecular formula is C14H20Cl2N2O. The van der Waals surface area contributed by atoms with Gasteiger partial charge in [-0.3, -0.25) is 4.79 Å². The van der Waals surface area contributed by atoms with E-state index in [1.807, 2.05) is 13.0 Å². The molecule has 1 aromatic carbocycles. The molecule has 106 valence electrons. The Bertz CT molecular complexity index is 437. The minimum absolute atomic E-state index is 0.0288. The second kappa shape index (κ2) is 7.73. The predicted molar refractivity (Wildman–Crippen MR) is 80.8 cm³/mol. The number of rotatable bonds is 6. The highest BCUT2D eigenvalue weighted by atomic mass is 35.5. The molecular weight excluding hydrogens is 283 g/mol. The summed E-state index contributed by atoms with van der Waals surface area (Å²) in [6.45, 7) is 6.37. The second-order valence-corrected chi connectivity index (χ2v) is 5.47. The molecule has 0 radical (unpaired) electrons. The fraction of sp³-hybridized carbons (Fsp3) is 0.500. The third kappa shape index (κ3) is 5.39. The Kier molecular flexibility index (Phi) is 6.63. The van der Waals surface area contributed by atoms with E-state index in [4.69, 9.17) is 23.2 Å². The quantitative estimate of drug-likeness (QED) is 0.843. The van der Waals surface area contributed by atoms with Crippen molar-refractivity contribution in [2.24, 2.45) is 0 Å². The predicted octanol–water partition coefficient (Wildman–Crippen LogP) is 3.56. The van der Waals surface area contributed by atoms with Crippen LogP contribution < -0.4 is 10.6 Å². The number of amides is 1. The number of halogens is 2. The number of carbonyl (C=O) groups excluding carboxylic acids is 1. The van der Waals surface area contributed by atoms with E-state index in [9.17, 15) is 4.79 Å². The first-order valence-electron chi connectivity index (χ1n) is 6.41. The lowest BCUT2D eigenvalue weighted by atomic mass is 10.1. The summed E-state index contributed by atoms with van der Waals surface area (Å²) in [4.78, 5) is 11.8. The van der Waals surface area contributed by atoms with Gasteiger partial charge in [-0.05, 0) is 38.0 Å². The molecule has 0 heterocycles. The Balaban J connectivity index is 2.51. The van der Waals surface area contributed by atoms with Crippen molar-refractivity contribution in [2.75, 3.05) is 6.54 Å². The first-order valence-corrected chi connectivity index (χ1v) is 7.17.